The quantitative estimate of drug-likeness (QED) is 0.683. The van der Waals surface area contributed by atoms with Gasteiger partial charge in [0.05, 0.1) is 0 Å². The molecule has 0 saturated heterocycles. The number of hydrogen-bond donors (Lipinski definition) is 1. The topological polar surface area (TPSA) is 35.2 Å². The number of halogens is 1. The second-order valence-electron chi connectivity index (χ2n) is 7.27. The summed E-state index contributed by atoms with van der Waals surface area (Å²) in [6.45, 7) is 1.28. The van der Waals surface area contributed by atoms with Crippen LogP contribution in [0.3, 0.4) is 0 Å². The number of rotatable bonds is 5. The van der Waals surface area contributed by atoms with Gasteiger partial charge in [-0.05, 0) is 89.9 Å². The maximum absolute atomic E-state index is 13.1. The van der Waals surface area contributed by atoms with Crippen LogP contribution in [-0.2, 0) is 19.4 Å². The van der Waals surface area contributed by atoms with Crippen LogP contribution >= 0.6 is 0 Å². The van der Waals surface area contributed by atoms with Crippen LogP contribution in [0.1, 0.15) is 23.1 Å². The van der Waals surface area contributed by atoms with Gasteiger partial charge in [-0.1, -0.05) is 36.4 Å². The second-order valence-corrected chi connectivity index (χ2v) is 7.27. The average Bonchev–Trinajstić information content (AvgIpc) is 2.72. The molecule has 0 heterocycles. The normalized spacial score (nSPS) is 16.0. The SMILES string of the molecule is NCC1CCc2cc(OCc3cccc(-c4ccc(F)cc4)c3)ccc2C1. The van der Waals surface area contributed by atoms with Crippen molar-refractivity contribution in [1.82, 2.24) is 0 Å². The molecule has 3 aromatic carbocycles. The molecule has 1 aliphatic carbocycles. The standard InChI is InChI=1S/C24H24FNO/c25-23-9-6-19(7-10-23)20-3-1-2-18(13-20)16-27-24-11-8-21-12-17(15-26)4-5-22(21)14-24/h1-3,6-11,13-14,17H,4-5,12,15-16,26H2. The lowest BCUT2D eigenvalue weighted by Gasteiger charge is -2.23. The number of nitrogens with two attached hydrogens (primary N) is 1. The van der Waals surface area contributed by atoms with E-state index in [0.717, 1.165) is 48.2 Å². The molecule has 0 bridgehead atoms. The van der Waals surface area contributed by atoms with Gasteiger partial charge in [0.25, 0.3) is 0 Å². The number of fused-ring (bicyclic) bond motifs is 1. The lowest BCUT2D eigenvalue weighted by molar-refractivity contribution is 0.305. The first-order valence-corrected chi connectivity index (χ1v) is 9.51. The van der Waals surface area contributed by atoms with Crippen LogP contribution in [0.15, 0.2) is 66.7 Å². The van der Waals surface area contributed by atoms with Crippen LogP contribution in [0.25, 0.3) is 11.1 Å². The van der Waals surface area contributed by atoms with Crippen molar-refractivity contribution in [3.63, 3.8) is 0 Å². The molecule has 27 heavy (non-hydrogen) atoms. The van der Waals surface area contributed by atoms with E-state index in [4.69, 9.17) is 10.5 Å². The first-order chi connectivity index (χ1) is 13.2. The molecule has 1 atom stereocenters. The van der Waals surface area contributed by atoms with Crippen LogP contribution in [-0.4, -0.2) is 6.54 Å². The molecule has 0 radical (unpaired) electrons. The molecule has 0 aromatic heterocycles. The lowest BCUT2D eigenvalue weighted by atomic mass is 9.84. The van der Waals surface area contributed by atoms with Crippen molar-refractivity contribution in [2.24, 2.45) is 11.7 Å². The van der Waals surface area contributed by atoms with E-state index in [1.807, 2.05) is 12.1 Å². The zero-order valence-electron chi connectivity index (χ0n) is 15.3. The van der Waals surface area contributed by atoms with Crippen LogP contribution in [0, 0.1) is 11.7 Å². The lowest BCUT2D eigenvalue weighted by Crippen LogP contribution is -2.22. The maximum Gasteiger partial charge on any atom is 0.123 e. The molecule has 0 saturated carbocycles. The predicted octanol–water partition coefficient (Wildman–Crippen LogP) is 5.14. The van der Waals surface area contributed by atoms with E-state index in [2.05, 4.69) is 30.3 Å². The van der Waals surface area contributed by atoms with Crippen molar-refractivity contribution in [3.8, 4) is 16.9 Å². The summed E-state index contributed by atoms with van der Waals surface area (Å²) in [6, 6.07) is 21.2. The minimum absolute atomic E-state index is 0.219. The summed E-state index contributed by atoms with van der Waals surface area (Å²) >= 11 is 0. The molecule has 4 rings (SSSR count). The fourth-order valence-corrected chi connectivity index (χ4v) is 3.75. The highest BCUT2D eigenvalue weighted by molar-refractivity contribution is 5.64. The Balaban J connectivity index is 1.45. The van der Waals surface area contributed by atoms with Gasteiger partial charge in [-0.3, -0.25) is 0 Å². The van der Waals surface area contributed by atoms with Gasteiger partial charge in [0.2, 0.25) is 0 Å². The summed E-state index contributed by atoms with van der Waals surface area (Å²) < 4.78 is 19.2. The van der Waals surface area contributed by atoms with Crippen molar-refractivity contribution in [3.05, 3.63) is 89.2 Å². The Morgan fingerprint density at radius 1 is 0.926 bits per heavy atom. The maximum atomic E-state index is 13.1. The number of benzene rings is 3. The van der Waals surface area contributed by atoms with Crippen LogP contribution in [0.5, 0.6) is 5.75 Å². The summed E-state index contributed by atoms with van der Waals surface area (Å²) in [5.74, 6) is 1.30. The Bertz CT molecular complexity index is 920. The van der Waals surface area contributed by atoms with Gasteiger partial charge in [-0.25, -0.2) is 4.39 Å². The van der Waals surface area contributed by atoms with E-state index in [1.54, 1.807) is 12.1 Å². The Morgan fingerprint density at radius 3 is 2.59 bits per heavy atom. The zero-order chi connectivity index (χ0) is 18.6. The van der Waals surface area contributed by atoms with Gasteiger partial charge in [-0.15, -0.1) is 0 Å². The fourth-order valence-electron chi connectivity index (χ4n) is 3.75. The molecule has 0 amide bonds. The number of ether oxygens (including phenoxy) is 1. The van der Waals surface area contributed by atoms with Gasteiger partial charge in [0.15, 0.2) is 0 Å². The molecule has 0 spiro atoms. The minimum atomic E-state index is -0.219. The first-order valence-electron chi connectivity index (χ1n) is 9.51. The van der Waals surface area contributed by atoms with E-state index >= 15 is 0 Å². The van der Waals surface area contributed by atoms with Crippen molar-refractivity contribution in [2.45, 2.75) is 25.9 Å². The zero-order valence-corrected chi connectivity index (χ0v) is 15.3. The molecule has 1 unspecified atom stereocenters. The Labute approximate surface area is 159 Å². The smallest absolute Gasteiger partial charge is 0.123 e. The van der Waals surface area contributed by atoms with Gasteiger partial charge in [0.1, 0.15) is 18.2 Å². The van der Waals surface area contributed by atoms with E-state index in [1.165, 1.54) is 23.3 Å². The van der Waals surface area contributed by atoms with E-state index in [9.17, 15) is 4.39 Å². The first kappa shape index (κ1) is 17.7. The van der Waals surface area contributed by atoms with Crippen LogP contribution in [0.2, 0.25) is 0 Å². The van der Waals surface area contributed by atoms with Gasteiger partial charge >= 0.3 is 0 Å². The largest absolute Gasteiger partial charge is 0.489 e. The summed E-state index contributed by atoms with van der Waals surface area (Å²) in [5, 5.41) is 0. The average molecular weight is 361 g/mol. The minimum Gasteiger partial charge on any atom is -0.489 e. The van der Waals surface area contributed by atoms with Crippen LogP contribution < -0.4 is 10.5 Å². The van der Waals surface area contributed by atoms with E-state index in [0.29, 0.717) is 12.5 Å². The third-order valence-corrected chi connectivity index (χ3v) is 5.35. The molecule has 2 N–H and O–H groups in total. The molecule has 0 aliphatic heterocycles. The fraction of sp³-hybridized carbons (Fsp3) is 0.250. The van der Waals surface area contributed by atoms with Gasteiger partial charge in [-0.2, -0.15) is 0 Å². The third kappa shape index (κ3) is 4.20. The molecule has 3 aromatic rings. The van der Waals surface area contributed by atoms with Crippen molar-refractivity contribution in [1.29, 1.82) is 0 Å². The highest BCUT2D eigenvalue weighted by atomic mass is 19.1. The monoisotopic (exact) mass is 361 g/mol. The van der Waals surface area contributed by atoms with Gasteiger partial charge < -0.3 is 10.5 Å². The molecule has 0 fully saturated rings. The molecule has 3 heteroatoms. The summed E-state index contributed by atoms with van der Waals surface area (Å²) in [5.41, 5.74) is 11.8. The summed E-state index contributed by atoms with van der Waals surface area (Å²) in [7, 11) is 0. The molecule has 1 aliphatic rings. The third-order valence-electron chi connectivity index (χ3n) is 5.35. The van der Waals surface area contributed by atoms with Crippen LogP contribution in [0.4, 0.5) is 4.39 Å². The van der Waals surface area contributed by atoms with Gasteiger partial charge in [0, 0.05) is 0 Å². The molecular formula is C24H24FNO. The summed E-state index contributed by atoms with van der Waals surface area (Å²) in [6.07, 6.45) is 3.31. The predicted molar refractivity (Wildman–Crippen MR) is 107 cm³/mol. The van der Waals surface area contributed by atoms with E-state index < -0.39 is 0 Å². The summed E-state index contributed by atoms with van der Waals surface area (Å²) in [4.78, 5) is 0. The van der Waals surface area contributed by atoms with E-state index in [-0.39, 0.29) is 5.82 Å². The Hall–Kier alpha value is -2.65. The molecule has 2 nitrogen and oxygen atoms in total. The highest BCUT2D eigenvalue weighted by Gasteiger charge is 2.17. The molecular weight excluding hydrogens is 337 g/mol. The van der Waals surface area contributed by atoms with Crippen molar-refractivity contribution in [2.75, 3.05) is 6.54 Å². The highest BCUT2D eigenvalue weighted by Crippen LogP contribution is 2.29. The Kier molecular flexibility index (Phi) is 5.21. The number of aryl methyl sites for hydroxylation is 1. The number of hydrogen-bond acceptors (Lipinski definition) is 2. The second kappa shape index (κ2) is 7.93. The van der Waals surface area contributed by atoms with Crippen molar-refractivity contribution < 1.29 is 9.13 Å². The Morgan fingerprint density at radius 2 is 1.78 bits per heavy atom. The molecule has 138 valence electrons. The van der Waals surface area contributed by atoms with Crippen molar-refractivity contribution >= 4 is 0 Å².